The Bertz CT molecular complexity index is 607. The lowest BCUT2D eigenvalue weighted by atomic mass is 9.98. The molecule has 0 unspecified atom stereocenters. The molecule has 1 aromatic carbocycles. The van der Waals surface area contributed by atoms with E-state index in [0.717, 1.165) is 22.4 Å². The van der Waals surface area contributed by atoms with Gasteiger partial charge in [-0.05, 0) is 17.7 Å². The van der Waals surface area contributed by atoms with Gasteiger partial charge in [0.25, 0.3) is 0 Å². The first-order valence-corrected chi connectivity index (χ1v) is 5.20. The van der Waals surface area contributed by atoms with Crippen molar-refractivity contribution in [3.63, 3.8) is 0 Å². The van der Waals surface area contributed by atoms with Crippen molar-refractivity contribution in [2.45, 2.75) is 6.61 Å². The van der Waals surface area contributed by atoms with E-state index in [4.69, 9.17) is 9.84 Å². The molecule has 3 rings (SSSR count). The van der Waals surface area contributed by atoms with Gasteiger partial charge in [-0.3, -0.25) is 0 Å². The molecule has 84 valence electrons. The van der Waals surface area contributed by atoms with Gasteiger partial charge in [0, 0.05) is 17.3 Å². The van der Waals surface area contributed by atoms with Crippen LogP contribution in [0, 0.1) is 0 Å². The number of aromatic nitrogens is 1. The zero-order valence-corrected chi connectivity index (χ0v) is 8.88. The summed E-state index contributed by atoms with van der Waals surface area (Å²) < 4.78 is 5.56. The van der Waals surface area contributed by atoms with Gasteiger partial charge in [-0.25, -0.2) is 9.78 Å². The number of benzene rings is 1. The largest absolute Gasteiger partial charge is 0.488 e. The summed E-state index contributed by atoms with van der Waals surface area (Å²) in [6.07, 6.45) is 1.56. The van der Waals surface area contributed by atoms with Gasteiger partial charge in [0.05, 0.1) is 0 Å². The van der Waals surface area contributed by atoms with E-state index in [2.05, 4.69) is 4.98 Å². The molecule has 0 aliphatic carbocycles. The maximum atomic E-state index is 10.9. The maximum Gasteiger partial charge on any atom is 0.354 e. The van der Waals surface area contributed by atoms with Crippen LogP contribution in [0.4, 0.5) is 0 Å². The molecular weight excluding hydrogens is 218 g/mol. The number of ether oxygens (including phenoxy) is 1. The molecule has 0 saturated heterocycles. The lowest BCUT2D eigenvalue weighted by Gasteiger charge is -2.20. The Morgan fingerprint density at radius 1 is 1.29 bits per heavy atom. The highest BCUT2D eigenvalue weighted by Crippen LogP contribution is 2.36. The van der Waals surface area contributed by atoms with Crippen molar-refractivity contribution in [1.29, 1.82) is 0 Å². The molecule has 0 saturated carbocycles. The average Bonchev–Trinajstić information content (AvgIpc) is 2.38. The van der Waals surface area contributed by atoms with E-state index in [-0.39, 0.29) is 5.69 Å². The van der Waals surface area contributed by atoms with E-state index >= 15 is 0 Å². The number of hydrogen-bond donors (Lipinski definition) is 1. The summed E-state index contributed by atoms with van der Waals surface area (Å²) in [7, 11) is 0. The Labute approximate surface area is 97.5 Å². The third-order valence-corrected chi connectivity index (χ3v) is 2.77. The fourth-order valence-electron chi connectivity index (χ4n) is 1.94. The third kappa shape index (κ3) is 1.54. The minimum absolute atomic E-state index is 0.0560. The van der Waals surface area contributed by atoms with Gasteiger partial charge < -0.3 is 9.84 Å². The minimum atomic E-state index is -1.02. The van der Waals surface area contributed by atoms with Crippen molar-refractivity contribution < 1.29 is 14.6 Å². The van der Waals surface area contributed by atoms with Crippen LogP contribution in [0.2, 0.25) is 0 Å². The normalized spacial score (nSPS) is 12.2. The monoisotopic (exact) mass is 227 g/mol. The fraction of sp³-hybridized carbons (Fsp3) is 0.0769. The predicted molar refractivity (Wildman–Crippen MR) is 61.0 cm³/mol. The second-order valence-electron chi connectivity index (χ2n) is 3.82. The first-order chi connectivity index (χ1) is 8.25. The van der Waals surface area contributed by atoms with Crippen LogP contribution in [0.25, 0.3) is 11.1 Å². The lowest BCUT2D eigenvalue weighted by Crippen LogP contribution is -2.09. The van der Waals surface area contributed by atoms with Crippen molar-refractivity contribution >= 4 is 5.97 Å². The molecule has 0 radical (unpaired) electrons. The zero-order valence-electron chi connectivity index (χ0n) is 8.88. The molecule has 17 heavy (non-hydrogen) atoms. The van der Waals surface area contributed by atoms with E-state index in [1.165, 1.54) is 0 Å². The second-order valence-corrected chi connectivity index (χ2v) is 3.82. The summed E-state index contributed by atoms with van der Waals surface area (Å²) >= 11 is 0. The Morgan fingerprint density at radius 3 is 2.94 bits per heavy atom. The third-order valence-electron chi connectivity index (χ3n) is 2.77. The van der Waals surface area contributed by atoms with Crippen molar-refractivity contribution in [1.82, 2.24) is 4.98 Å². The molecule has 1 aromatic heterocycles. The zero-order chi connectivity index (χ0) is 11.8. The molecular formula is C13H9NO3. The van der Waals surface area contributed by atoms with Gasteiger partial charge in [-0.15, -0.1) is 0 Å². The highest BCUT2D eigenvalue weighted by atomic mass is 16.5. The summed E-state index contributed by atoms with van der Waals surface area (Å²) in [5.74, 6) is -0.237. The number of carboxylic acids is 1. The Morgan fingerprint density at radius 2 is 2.12 bits per heavy atom. The number of para-hydroxylation sites is 1. The van der Waals surface area contributed by atoms with E-state index < -0.39 is 5.97 Å². The predicted octanol–water partition coefficient (Wildman–Crippen LogP) is 2.34. The molecule has 0 fully saturated rings. The van der Waals surface area contributed by atoms with Gasteiger partial charge in [0.1, 0.15) is 18.1 Å². The quantitative estimate of drug-likeness (QED) is 0.812. The smallest absolute Gasteiger partial charge is 0.354 e. The number of hydrogen-bond acceptors (Lipinski definition) is 3. The van der Waals surface area contributed by atoms with Crippen LogP contribution in [-0.4, -0.2) is 16.1 Å². The Hall–Kier alpha value is -2.36. The maximum absolute atomic E-state index is 10.9. The fourth-order valence-corrected chi connectivity index (χ4v) is 1.94. The summed E-state index contributed by atoms with van der Waals surface area (Å²) in [5, 5.41) is 8.94. The number of rotatable bonds is 1. The van der Waals surface area contributed by atoms with Crippen LogP contribution in [-0.2, 0) is 6.61 Å². The highest BCUT2D eigenvalue weighted by molar-refractivity contribution is 5.88. The molecule has 1 N–H and O–H groups in total. The van der Waals surface area contributed by atoms with Crippen molar-refractivity contribution in [2.24, 2.45) is 0 Å². The van der Waals surface area contributed by atoms with Crippen molar-refractivity contribution in [2.75, 3.05) is 0 Å². The molecule has 1 aliphatic rings. The summed E-state index contributed by atoms with van der Waals surface area (Å²) in [4.78, 5) is 14.8. The number of aromatic carboxylic acids is 1. The number of pyridine rings is 1. The first kappa shape index (κ1) is 9.84. The molecule has 2 heterocycles. The molecule has 4 nitrogen and oxygen atoms in total. The SMILES string of the molecule is O=C(O)c1cc2c(cn1)COc1ccccc1-2. The van der Waals surface area contributed by atoms with Crippen LogP contribution < -0.4 is 4.74 Å². The number of nitrogens with zero attached hydrogens (tertiary/aromatic N) is 1. The molecule has 0 atom stereocenters. The van der Waals surface area contributed by atoms with Crippen LogP contribution in [0.1, 0.15) is 16.1 Å². The molecule has 1 aliphatic heterocycles. The van der Waals surface area contributed by atoms with E-state index in [0.29, 0.717) is 6.61 Å². The van der Waals surface area contributed by atoms with Crippen LogP contribution >= 0.6 is 0 Å². The first-order valence-electron chi connectivity index (χ1n) is 5.20. The lowest BCUT2D eigenvalue weighted by molar-refractivity contribution is 0.0690. The van der Waals surface area contributed by atoms with Gasteiger partial charge >= 0.3 is 5.97 Å². The molecule has 0 bridgehead atoms. The van der Waals surface area contributed by atoms with E-state index in [1.807, 2.05) is 24.3 Å². The van der Waals surface area contributed by atoms with Crippen LogP contribution in [0.3, 0.4) is 0 Å². The van der Waals surface area contributed by atoms with E-state index in [9.17, 15) is 4.79 Å². The summed E-state index contributed by atoms with van der Waals surface area (Å²) in [5.41, 5.74) is 2.77. The minimum Gasteiger partial charge on any atom is -0.488 e. The van der Waals surface area contributed by atoms with Gasteiger partial charge in [0.2, 0.25) is 0 Å². The molecule has 2 aromatic rings. The molecule has 4 heteroatoms. The standard InChI is InChI=1S/C13H9NO3/c15-13(16)11-5-10-8(6-14-11)7-17-12-4-2-1-3-9(10)12/h1-6H,7H2,(H,15,16). The second kappa shape index (κ2) is 3.59. The number of carboxylic acid groups (broad SMARTS) is 1. The van der Waals surface area contributed by atoms with Crippen molar-refractivity contribution in [3.05, 3.63) is 47.8 Å². The number of fused-ring (bicyclic) bond motifs is 3. The van der Waals surface area contributed by atoms with Gasteiger partial charge in [0.15, 0.2) is 0 Å². The summed E-state index contributed by atoms with van der Waals surface area (Å²) in [6, 6.07) is 9.18. The average molecular weight is 227 g/mol. The summed E-state index contributed by atoms with van der Waals surface area (Å²) in [6.45, 7) is 0.430. The van der Waals surface area contributed by atoms with Gasteiger partial charge in [-0.2, -0.15) is 0 Å². The Balaban J connectivity index is 2.22. The van der Waals surface area contributed by atoms with Gasteiger partial charge in [-0.1, -0.05) is 18.2 Å². The highest BCUT2D eigenvalue weighted by Gasteiger charge is 2.18. The van der Waals surface area contributed by atoms with Crippen molar-refractivity contribution in [3.8, 4) is 16.9 Å². The topological polar surface area (TPSA) is 59.4 Å². The molecule has 0 spiro atoms. The van der Waals surface area contributed by atoms with Crippen LogP contribution in [0.5, 0.6) is 5.75 Å². The number of carbonyl (C=O) groups is 1. The Kier molecular flexibility index (Phi) is 2.08. The van der Waals surface area contributed by atoms with E-state index in [1.54, 1.807) is 12.3 Å². The van der Waals surface area contributed by atoms with Crippen LogP contribution in [0.15, 0.2) is 36.5 Å². The molecule has 0 amide bonds.